The molecule has 0 N–H and O–H groups in total. The van der Waals surface area contributed by atoms with Crippen LogP contribution in [0.15, 0.2) is 24.3 Å². The Labute approximate surface area is 161 Å². The topological polar surface area (TPSA) is 60.9 Å². The lowest BCUT2D eigenvalue weighted by molar-refractivity contribution is -0.138. The first-order chi connectivity index (χ1) is 12.9. The molecule has 2 aliphatic heterocycles. The van der Waals surface area contributed by atoms with Crippen LogP contribution in [0.3, 0.4) is 0 Å². The number of piperazine rings is 1. The smallest absolute Gasteiger partial charge is 0.225 e. The van der Waals surface area contributed by atoms with Gasteiger partial charge in [0.1, 0.15) is 5.82 Å². The summed E-state index contributed by atoms with van der Waals surface area (Å²) in [5, 5.41) is 0. The van der Waals surface area contributed by atoms with Crippen molar-refractivity contribution in [1.29, 1.82) is 0 Å². The van der Waals surface area contributed by atoms with Gasteiger partial charge in [0, 0.05) is 45.2 Å². The number of hydrogen-bond acceptors (Lipinski definition) is 4. The van der Waals surface area contributed by atoms with Gasteiger partial charge < -0.3 is 9.80 Å². The third-order valence-electron chi connectivity index (χ3n) is 5.59. The molecule has 0 aliphatic carbocycles. The van der Waals surface area contributed by atoms with Gasteiger partial charge in [-0.25, -0.2) is 17.1 Å². The summed E-state index contributed by atoms with van der Waals surface area (Å²) < 4.78 is 39.7. The fourth-order valence-corrected chi connectivity index (χ4v) is 5.37. The zero-order valence-corrected chi connectivity index (χ0v) is 16.6. The van der Waals surface area contributed by atoms with Gasteiger partial charge in [0.25, 0.3) is 0 Å². The third-order valence-corrected chi connectivity index (χ3v) is 7.44. The van der Waals surface area contributed by atoms with E-state index < -0.39 is 10.0 Å². The minimum atomic E-state index is -3.45. The molecule has 1 aromatic rings. The first-order valence-electron chi connectivity index (χ1n) is 9.62. The molecule has 0 spiro atoms. The van der Waals surface area contributed by atoms with Crippen molar-refractivity contribution < 1.29 is 17.6 Å². The largest absolute Gasteiger partial charge is 0.340 e. The summed E-state index contributed by atoms with van der Waals surface area (Å²) in [6.07, 6.45) is 1.13. The van der Waals surface area contributed by atoms with Gasteiger partial charge in [0.15, 0.2) is 0 Å². The van der Waals surface area contributed by atoms with Crippen LogP contribution in [0.5, 0.6) is 0 Å². The van der Waals surface area contributed by atoms with Crippen LogP contribution in [0.2, 0.25) is 0 Å². The van der Waals surface area contributed by atoms with Crippen molar-refractivity contribution in [1.82, 2.24) is 14.1 Å². The van der Waals surface area contributed by atoms with Crippen LogP contribution in [0.1, 0.15) is 25.3 Å². The fourth-order valence-electron chi connectivity index (χ4n) is 3.81. The van der Waals surface area contributed by atoms with Crippen LogP contribution in [0, 0.1) is 11.7 Å². The van der Waals surface area contributed by atoms with Crippen molar-refractivity contribution in [2.75, 3.05) is 45.8 Å². The van der Waals surface area contributed by atoms with E-state index in [2.05, 4.69) is 11.8 Å². The van der Waals surface area contributed by atoms with Crippen LogP contribution >= 0.6 is 0 Å². The first kappa shape index (κ1) is 20.2. The second-order valence-electron chi connectivity index (χ2n) is 7.32. The summed E-state index contributed by atoms with van der Waals surface area (Å²) in [4.78, 5) is 17.0. The van der Waals surface area contributed by atoms with E-state index in [-0.39, 0.29) is 23.4 Å². The fraction of sp³-hybridized carbons (Fsp3) is 0.632. The van der Waals surface area contributed by atoms with E-state index in [0.29, 0.717) is 31.5 Å². The normalized spacial score (nSPS) is 20.7. The molecule has 3 rings (SSSR count). The van der Waals surface area contributed by atoms with Crippen LogP contribution < -0.4 is 0 Å². The standard InChI is InChI=1S/C19H28FN3O3S/c1-2-21-11-13-22(14-12-21)19(24)17-7-9-23(10-8-17)27(25,26)15-16-3-5-18(20)6-4-16/h3-6,17H,2,7-15H2,1H3. The predicted octanol–water partition coefficient (Wildman–Crippen LogP) is 1.53. The first-order valence-corrected chi connectivity index (χ1v) is 11.2. The lowest BCUT2D eigenvalue weighted by Crippen LogP contribution is -2.51. The van der Waals surface area contributed by atoms with Gasteiger partial charge in [0.05, 0.1) is 5.75 Å². The van der Waals surface area contributed by atoms with Crippen molar-refractivity contribution in [3.8, 4) is 0 Å². The van der Waals surface area contributed by atoms with Crippen molar-refractivity contribution in [2.24, 2.45) is 5.92 Å². The summed E-state index contributed by atoms with van der Waals surface area (Å²) >= 11 is 0. The Balaban J connectivity index is 1.52. The molecule has 0 radical (unpaired) electrons. The summed E-state index contributed by atoms with van der Waals surface area (Å²) in [7, 11) is -3.45. The maximum atomic E-state index is 13.0. The number of halogens is 1. The van der Waals surface area contributed by atoms with E-state index >= 15 is 0 Å². The number of piperidine rings is 1. The van der Waals surface area contributed by atoms with Crippen LogP contribution in [0.25, 0.3) is 0 Å². The maximum absolute atomic E-state index is 13.0. The van der Waals surface area contributed by atoms with Crippen LogP contribution in [-0.2, 0) is 20.6 Å². The van der Waals surface area contributed by atoms with Gasteiger partial charge in [-0.15, -0.1) is 0 Å². The van der Waals surface area contributed by atoms with Crippen molar-refractivity contribution >= 4 is 15.9 Å². The molecular formula is C19H28FN3O3S. The highest BCUT2D eigenvalue weighted by atomic mass is 32.2. The molecule has 2 fully saturated rings. The van der Waals surface area contributed by atoms with Gasteiger partial charge in [-0.2, -0.15) is 0 Å². The molecule has 2 saturated heterocycles. The molecule has 8 heteroatoms. The maximum Gasteiger partial charge on any atom is 0.225 e. The van der Waals surface area contributed by atoms with Gasteiger partial charge in [-0.1, -0.05) is 19.1 Å². The molecule has 0 atom stereocenters. The van der Waals surface area contributed by atoms with E-state index in [4.69, 9.17) is 0 Å². The molecule has 1 aromatic carbocycles. The van der Waals surface area contributed by atoms with E-state index in [0.717, 1.165) is 32.7 Å². The number of benzene rings is 1. The second-order valence-corrected chi connectivity index (χ2v) is 9.28. The summed E-state index contributed by atoms with van der Waals surface area (Å²) in [5.74, 6) is -0.433. The Morgan fingerprint density at radius 3 is 2.19 bits per heavy atom. The Morgan fingerprint density at radius 1 is 1.04 bits per heavy atom. The number of nitrogens with zero attached hydrogens (tertiary/aromatic N) is 3. The van der Waals surface area contributed by atoms with Crippen molar-refractivity contribution in [3.05, 3.63) is 35.6 Å². The second kappa shape index (κ2) is 8.67. The molecule has 0 bridgehead atoms. The SMILES string of the molecule is CCN1CCN(C(=O)C2CCN(S(=O)(=O)Cc3ccc(F)cc3)CC2)CC1. The third kappa shape index (κ3) is 5.06. The zero-order valence-electron chi connectivity index (χ0n) is 15.8. The van der Waals surface area contributed by atoms with Crippen LogP contribution in [-0.4, -0.2) is 74.2 Å². The summed E-state index contributed by atoms with van der Waals surface area (Å²) in [6.45, 7) is 7.21. The lowest BCUT2D eigenvalue weighted by atomic mass is 9.96. The molecule has 27 heavy (non-hydrogen) atoms. The average molecular weight is 398 g/mol. The van der Waals surface area contributed by atoms with E-state index in [1.165, 1.54) is 28.6 Å². The Kier molecular flexibility index (Phi) is 6.49. The number of rotatable bonds is 5. The summed E-state index contributed by atoms with van der Waals surface area (Å²) in [5.41, 5.74) is 0.573. The Bertz CT molecular complexity index is 738. The number of carbonyl (C=O) groups is 1. The molecular weight excluding hydrogens is 369 g/mol. The van der Waals surface area contributed by atoms with Gasteiger partial charge in [0.2, 0.25) is 15.9 Å². The van der Waals surface area contributed by atoms with Gasteiger partial charge >= 0.3 is 0 Å². The quantitative estimate of drug-likeness (QED) is 0.756. The van der Waals surface area contributed by atoms with Gasteiger partial charge in [-0.05, 0) is 37.1 Å². The van der Waals surface area contributed by atoms with E-state index in [1.807, 2.05) is 4.90 Å². The highest BCUT2D eigenvalue weighted by Gasteiger charge is 2.33. The molecule has 150 valence electrons. The number of likely N-dealkylation sites (N-methyl/N-ethyl adjacent to an activating group) is 1. The molecule has 0 saturated carbocycles. The lowest BCUT2D eigenvalue weighted by Gasteiger charge is -2.38. The Hall–Kier alpha value is -1.51. The van der Waals surface area contributed by atoms with E-state index in [9.17, 15) is 17.6 Å². The molecule has 0 unspecified atom stereocenters. The predicted molar refractivity (Wildman–Crippen MR) is 102 cm³/mol. The monoisotopic (exact) mass is 397 g/mol. The summed E-state index contributed by atoms with van der Waals surface area (Å²) in [6, 6.07) is 5.54. The minimum absolute atomic E-state index is 0.0875. The van der Waals surface area contributed by atoms with Gasteiger partial charge in [-0.3, -0.25) is 4.79 Å². The molecule has 2 aliphatic rings. The Morgan fingerprint density at radius 2 is 1.63 bits per heavy atom. The molecule has 2 heterocycles. The van der Waals surface area contributed by atoms with Crippen molar-refractivity contribution in [2.45, 2.75) is 25.5 Å². The molecule has 6 nitrogen and oxygen atoms in total. The number of carbonyl (C=O) groups excluding carboxylic acids is 1. The number of sulfonamides is 1. The highest BCUT2D eigenvalue weighted by molar-refractivity contribution is 7.88. The van der Waals surface area contributed by atoms with Crippen LogP contribution in [0.4, 0.5) is 4.39 Å². The minimum Gasteiger partial charge on any atom is -0.340 e. The molecule has 1 amide bonds. The molecule has 0 aromatic heterocycles. The zero-order chi connectivity index (χ0) is 19.4. The number of hydrogen-bond donors (Lipinski definition) is 0. The number of amides is 1. The van der Waals surface area contributed by atoms with Crippen molar-refractivity contribution in [3.63, 3.8) is 0 Å². The average Bonchev–Trinajstić information content (AvgIpc) is 2.69. The highest BCUT2D eigenvalue weighted by Crippen LogP contribution is 2.24. The van der Waals surface area contributed by atoms with E-state index in [1.54, 1.807) is 0 Å².